The normalized spacial score (nSPS) is 28.7. The SMILES string of the molecule is COc1cc(CNC2C3CC4CC(C3)CC2C4)c(Cl)cc1OCc1ccc(F)cc1Cl. The maximum absolute atomic E-state index is 13.3. The van der Waals surface area contributed by atoms with Crippen molar-refractivity contribution in [2.24, 2.45) is 23.7 Å². The molecule has 0 radical (unpaired) electrons. The van der Waals surface area contributed by atoms with Crippen LogP contribution in [0.25, 0.3) is 0 Å². The van der Waals surface area contributed by atoms with Crippen molar-refractivity contribution in [3.63, 3.8) is 0 Å². The Balaban J connectivity index is 1.26. The molecule has 2 aromatic carbocycles. The molecule has 4 fully saturated rings. The number of ether oxygens (including phenoxy) is 2. The van der Waals surface area contributed by atoms with Crippen molar-refractivity contribution in [2.75, 3.05) is 7.11 Å². The first-order chi connectivity index (χ1) is 15.0. The second kappa shape index (κ2) is 8.80. The molecule has 4 saturated carbocycles. The van der Waals surface area contributed by atoms with E-state index in [4.69, 9.17) is 32.7 Å². The standard InChI is InChI=1S/C25H28Cl2FNO2/c1-30-23-9-19(12-29-25-17-5-14-4-15(7-17)8-18(25)6-14)22(27)11-24(23)31-13-16-2-3-20(28)10-21(16)26/h2-3,9-11,14-15,17-18,25,29H,4-8,12-13H2,1H3. The fraction of sp³-hybridized carbons (Fsp3) is 0.520. The van der Waals surface area contributed by atoms with Crippen LogP contribution in [0.2, 0.25) is 10.0 Å². The molecule has 6 heteroatoms. The second-order valence-corrected chi connectivity index (χ2v) is 10.3. The van der Waals surface area contributed by atoms with Crippen molar-refractivity contribution in [2.45, 2.75) is 51.3 Å². The highest BCUT2D eigenvalue weighted by molar-refractivity contribution is 6.31. The van der Waals surface area contributed by atoms with Gasteiger partial charge in [-0.1, -0.05) is 29.3 Å². The van der Waals surface area contributed by atoms with Gasteiger partial charge in [-0.25, -0.2) is 4.39 Å². The molecule has 166 valence electrons. The van der Waals surface area contributed by atoms with Gasteiger partial charge in [0.2, 0.25) is 0 Å². The van der Waals surface area contributed by atoms with Crippen LogP contribution in [0.3, 0.4) is 0 Å². The van der Waals surface area contributed by atoms with Crippen molar-refractivity contribution in [1.29, 1.82) is 0 Å². The summed E-state index contributed by atoms with van der Waals surface area (Å²) in [6, 6.07) is 8.62. The van der Waals surface area contributed by atoms with E-state index in [-0.39, 0.29) is 12.4 Å². The number of rotatable bonds is 7. The summed E-state index contributed by atoms with van der Waals surface area (Å²) in [6.07, 6.45) is 7.02. The van der Waals surface area contributed by atoms with E-state index in [1.54, 1.807) is 19.2 Å². The van der Waals surface area contributed by atoms with E-state index >= 15 is 0 Å². The zero-order valence-electron chi connectivity index (χ0n) is 17.7. The molecular weight excluding hydrogens is 436 g/mol. The number of benzene rings is 2. The number of hydrogen-bond donors (Lipinski definition) is 1. The van der Waals surface area contributed by atoms with Gasteiger partial charge in [-0.3, -0.25) is 0 Å². The molecule has 4 aliphatic carbocycles. The minimum atomic E-state index is -0.370. The van der Waals surface area contributed by atoms with Crippen LogP contribution < -0.4 is 14.8 Å². The lowest BCUT2D eigenvalue weighted by Crippen LogP contribution is -2.54. The van der Waals surface area contributed by atoms with E-state index < -0.39 is 0 Å². The molecule has 0 heterocycles. The van der Waals surface area contributed by atoms with Crippen LogP contribution in [0.1, 0.15) is 43.2 Å². The van der Waals surface area contributed by atoms with Gasteiger partial charge in [0.15, 0.2) is 11.5 Å². The van der Waals surface area contributed by atoms with Crippen molar-refractivity contribution >= 4 is 23.2 Å². The molecule has 0 amide bonds. The first-order valence-corrected chi connectivity index (χ1v) is 11.9. The van der Waals surface area contributed by atoms with E-state index in [1.165, 1.54) is 44.2 Å². The third-order valence-electron chi connectivity index (χ3n) is 7.49. The van der Waals surface area contributed by atoms with Crippen LogP contribution in [0.4, 0.5) is 4.39 Å². The fourth-order valence-corrected chi connectivity index (χ4v) is 6.71. The van der Waals surface area contributed by atoms with Gasteiger partial charge >= 0.3 is 0 Å². The molecule has 4 bridgehead atoms. The molecule has 0 unspecified atom stereocenters. The molecule has 6 rings (SSSR count). The Morgan fingerprint density at radius 3 is 2.23 bits per heavy atom. The molecule has 31 heavy (non-hydrogen) atoms. The number of halogens is 3. The molecule has 3 nitrogen and oxygen atoms in total. The largest absolute Gasteiger partial charge is 0.493 e. The van der Waals surface area contributed by atoms with Gasteiger partial charge in [0, 0.05) is 29.2 Å². The van der Waals surface area contributed by atoms with Crippen molar-refractivity contribution in [1.82, 2.24) is 5.32 Å². The summed E-state index contributed by atoms with van der Waals surface area (Å²) in [5.74, 6) is 4.38. The van der Waals surface area contributed by atoms with Crippen LogP contribution >= 0.6 is 23.2 Å². The molecule has 0 saturated heterocycles. The first kappa shape index (κ1) is 21.4. The quantitative estimate of drug-likeness (QED) is 0.499. The lowest BCUT2D eigenvalue weighted by Gasteiger charge is -2.54. The summed E-state index contributed by atoms with van der Waals surface area (Å²) in [5.41, 5.74) is 1.72. The van der Waals surface area contributed by atoms with Gasteiger partial charge in [-0.2, -0.15) is 0 Å². The van der Waals surface area contributed by atoms with Crippen molar-refractivity contribution in [3.05, 3.63) is 57.3 Å². The first-order valence-electron chi connectivity index (χ1n) is 11.2. The minimum absolute atomic E-state index is 0.206. The molecule has 0 aromatic heterocycles. The summed E-state index contributed by atoms with van der Waals surface area (Å²) in [5, 5.41) is 4.81. The summed E-state index contributed by atoms with van der Waals surface area (Å²) < 4.78 is 24.7. The van der Waals surface area contributed by atoms with E-state index in [0.717, 1.165) is 35.8 Å². The Kier molecular flexibility index (Phi) is 6.07. The zero-order chi connectivity index (χ0) is 21.5. The van der Waals surface area contributed by atoms with E-state index in [9.17, 15) is 4.39 Å². The average molecular weight is 464 g/mol. The van der Waals surface area contributed by atoms with Gasteiger partial charge in [-0.05, 0) is 79.5 Å². The number of methoxy groups -OCH3 is 1. The monoisotopic (exact) mass is 463 g/mol. The van der Waals surface area contributed by atoms with Crippen LogP contribution in [-0.2, 0) is 13.2 Å². The molecule has 1 N–H and O–H groups in total. The van der Waals surface area contributed by atoms with E-state index in [2.05, 4.69) is 5.32 Å². The highest BCUT2D eigenvalue weighted by atomic mass is 35.5. The van der Waals surface area contributed by atoms with Gasteiger partial charge in [-0.15, -0.1) is 0 Å². The second-order valence-electron chi connectivity index (χ2n) is 9.46. The summed E-state index contributed by atoms with van der Waals surface area (Å²) in [7, 11) is 1.62. The summed E-state index contributed by atoms with van der Waals surface area (Å²) in [6.45, 7) is 0.934. The maximum atomic E-state index is 13.3. The highest BCUT2D eigenvalue weighted by Crippen LogP contribution is 2.53. The Morgan fingerprint density at radius 2 is 1.58 bits per heavy atom. The van der Waals surface area contributed by atoms with Crippen LogP contribution in [0.5, 0.6) is 11.5 Å². The van der Waals surface area contributed by atoms with Crippen molar-refractivity contribution < 1.29 is 13.9 Å². The smallest absolute Gasteiger partial charge is 0.163 e. The minimum Gasteiger partial charge on any atom is -0.493 e. The fourth-order valence-electron chi connectivity index (χ4n) is 6.27. The Hall–Kier alpha value is -1.49. The molecular formula is C25H28Cl2FNO2. The molecule has 0 aliphatic heterocycles. The topological polar surface area (TPSA) is 30.5 Å². The summed E-state index contributed by atoms with van der Waals surface area (Å²) in [4.78, 5) is 0. The Morgan fingerprint density at radius 1 is 0.903 bits per heavy atom. The predicted molar refractivity (Wildman–Crippen MR) is 121 cm³/mol. The van der Waals surface area contributed by atoms with Gasteiger partial charge < -0.3 is 14.8 Å². The molecule has 0 spiro atoms. The van der Waals surface area contributed by atoms with Gasteiger partial charge in [0.25, 0.3) is 0 Å². The van der Waals surface area contributed by atoms with Crippen LogP contribution in [-0.4, -0.2) is 13.2 Å². The average Bonchev–Trinajstić information content (AvgIpc) is 2.73. The highest BCUT2D eigenvalue weighted by Gasteiger charge is 2.47. The summed E-state index contributed by atoms with van der Waals surface area (Å²) >= 11 is 12.7. The van der Waals surface area contributed by atoms with Gasteiger partial charge in [0.1, 0.15) is 12.4 Å². The molecule has 0 atom stereocenters. The lowest BCUT2D eigenvalue weighted by atomic mass is 9.54. The predicted octanol–water partition coefficient (Wildman–Crippen LogP) is 6.63. The maximum Gasteiger partial charge on any atom is 0.163 e. The van der Waals surface area contributed by atoms with Crippen LogP contribution in [0.15, 0.2) is 30.3 Å². The van der Waals surface area contributed by atoms with Gasteiger partial charge in [0.05, 0.1) is 12.1 Å². The van der Waals surface area contributed by atoms with Crippen LogP contribution in [0, 0.1) is 29.5 Å². The molecule has 2 aromatic rings. The lowest BCUT2D eigenvalue weighted by molar-refractivity contribution is -0.0142. The van der Waals surface area contributed by atoms with E-state index in [1.807, 2.05) is 6.07 Å². The number of hydrogen-bond acceptors (Lipinski definition) is 3. The molecule has 4 aliphatic rings. The van der Waals surface area contributed by atoms with E-state index in [0.29, 0.717) is 33.1 Å². The zero-order valence-corrected chi connectivity index (χ0v) is 19.2. The Bertz CT molecular complexity index is 939. The third kappa shape index (κ3) is 4.40. The third-order valence-corrected chi connectivity index (χ3v) is 8.19. The number of nitrogens with one attached hydrogen (secondary N) is 1. The van der Waals surface area contributed by atoms with Crippen molar-refractivity contribution in [3.8, 4) is 11.5 Å². The Labute approximate surface area is 193 Å².